The van der Waals surface area contributed by atoms with Gasteiger partial charge < -0.3 is 10.6 Å². The normalized spacial score (nSPS) is 10.1. The van der Waals surface area contributed by atoms with Gasteiger partial charge in [-0.3, -0.25) is 14.9 Å². The molecule has 3 N–H and O–H groups in total. The molecule has 0 saturated carbocycles. The summed E-state index contributed by atoms with van der Waals surface area (Å²) in [6.07, 6.45) is 1.95. The molecule has 0 aliphatic heterocycles. The van der Waals surface area contributed by atoms with Gasteiger partial charge in [-0.25, -0.2) is 0 Å². The van der Waals surface area contributed by atoms with Gasteiger partial charge in [0.05, 0.1) is 10.6 Å². The molecule has 26 heavy (non-hydrogen) atoms. The van der Waals surface area contributed by atoms with E-state index >= 15 is 0 Å². The first-order valence-corrected chi connectivity index (χ1v) is 9.05. The van der Waals surface area contributed by atoms with Crippen LogP contribution >= 0.6 is 23.8 Å². The molecule has 0 radical (unpaired) electrons. The molecule has 0 saturated heterocycles. The van der Waals surface area contributed by atoms with Crippen molar-refractivity contribution in [2.24, 2.45) is 0 Å². The van der Waals surface area contributed by atoms with Gasteiger partial charge in [-0.2, -0.15) is 0 Å². The van der Waals surface area contributed by atoms with Crippen LogP contribution in [0.2, 0.25) is 5.02 Å². The van der Waals surface area contributed by atoms with Crippen molar-refractivity contribution >= 4 is 46.4 Å². The van der Waals surface area contributed by atoms with E-state index in [2.05, 4.69) is 22.9 Å². The quantitative estimate of drug-likeness (QED) is 0.516. The van der Waals surface area contributed by atoms with Gasteiger partial charge in [0.15, 0.2) is 5.11 Å². The van der Waals surface area contributed by atoms with Crippen LogP contribution in [0.3, 0.4) is 0 Å². The molecule has 7 heteroatoms. The fourth-order valence-electron chi connectivity index (χ4n) is 2.20. The van der Waals surface area contributed by atoms with E-state index in [1.807, 2.05) is 0 Å². The van der Waals surface area contributed by atoms with Crippen molar-refractivity contribution in [1.82, 2.24) is 10.6 Å². The number of benzene rings is 2. The first-order chi connectivity index (χ1) is 12.5. The van der Waals surface area contributed by atoms with Crippen molar-refractivity contribution in [2.75, 3.05) is 11.9 Å². The lowest BCUT2D eigenvalue weighted by Crippen LogP contribution is -2.34. The number of anilines is 1. The molecular formula is C19H20ClN3O2S. The molecule has 2 amide bonds. The maximum atomic E-state index is 12.2. The molecule has 0 spiro atoms. The monoisotopic (exact) mass is 389 g/mol. The van der Waals surface area contributed by atoms with Crippen LogP contribution in [0.4, 0.5) is 5.69 Å². The maximum Gasteiger partial charge on any atom is 0.258 e. The molecule has 0 aromatic heterocycles. The molecule has 0 unspecified atom stereocenters. The zero-order valence-corrected chi connectivity index (χ0v) is 15.9. The van der Waals surface area contributed by atoms with Gasteiger partial charge in [-0.1, -0.05) is 43.1 Å². The summed E-state index contributed by atoms with van der Waals surface area (Å²) in [6.45, 7) is 2.70. The second-order valence-electron chi connectivity index (χ2n) is 5.58. The van der Waals surface area contributed by atoms with Crippen molar-refractivity contribution in [2.45, 2.75) is 19.8 Å². The maximum absolute atomic E-state index is 12.2. The summed E-state index contributed by atoms with van der Waals surface area (Å²) >= 11 is 11.2. The average molecular weight is 390 g/mol. The Hall–Kier alpha value is -2.44. The van der Waals surface area contributed by atoms with E-state index in [-0.39, 0.29) is 11.0 Å². The third-order valence-electron chi connectivity index (χ3n) is 3.54. The molecule has 0 bridgehead atoms. The van der Waals surface area contributed by atoms with Crippen LogP contribution in [0.15, 0.2) is 48.5 Å². The number of amides is 2. The van der Waals surface area contributed by atoms with Gasteiger partial charge in [-0.15, -0.1) is 0 Å². The number of unbranched alkanes of at least 4 members (excludes halogenated alkanes) is 1. The van der Waals surface area contributed by atoms with Crippen LogP contribution in [0.5, 0.6) is 0 Å². The molecule has 0 heterocycles. The minimum absolute atomic E-state index is 0.124. The van der Waals surface area contributed by atoms with Gasteiger partial charge >= 0.3 is 0 Å². The Morgan fingerprint density at radius 2 is 1.85 bits per heavy atom. The number of rotatable bonds is 6. The van der Waals surface area contributed by atoms with Crippen molar-refractivity contribution < 1.29 is 9.59 Å². The van der Waals surface area contributed by atoms with Crippen molar-refractivity contribution in [3.63, 3.8) is 0 Å². The largest absolute Gasteiger partial charge is 0.352 e. The highest BCUT2D eigenvalue weighted by atomic mass is 35.5. The highest BCUT2D eigenvalue weighted by Gasteiger charge is 2.12. The predicted octanol–water partition coefficient (Wildman–Crippen LogP) is 4.00. The third kappa shape index (κ3) is 5.82. The standard InChI is InChI=1S/C19H20ClN3O2S/c1-2-3-11-21-17(24)13-7-6-8-14(12-13)22-19(26)23-18(25)15-9-4-5-10-16(15)20/h4-10,12H,2-3,11H2,1H3,(H,21,24)(H2,22,23,25,26). The Morgan fingerprint density at radius 3 is 2.58 bits per heavy atom. The van der Waals surface area contributed by atoms with Crippen molar-refractivity contribution in [3.8, 4) is 0 Å². The number of hydrogen-bond donors (Lipinski definition) is 3. The van der Waals surface area contributed by atoms with Gasteiger partial charge in [0, 0.05) is 17.8 Å². The topological polar surface area (TPSA) is 70.2 Å². The lowest BCUT2D eigenvalue weighted by molar-refractivity contribution is 0.0950. The molecule has 2 aromatic rings. The molecule has 0 aliphatic rings. The fourth-order valence-corrected chi connectivity index (χ4v) is 2.63. The van der Waals surface area contributed by atoms with E-state index in [0.717, 1.165) is 12.8 Å². The second kappa shape index (κ2) is 9.89. The molecule has 0 atom stereocenters. The van der Waals surface area contributed by atoms with E-state index < -0.39 is 5.91 Å². The summed E-state index contributed by atoms with van der Waals surface area (Å²) < 4.78 is 0. The van der Waals surface area contributed by atoms with Crippen LogP contribution in [0.25, 0.3) is 0 Å². The Kier molecular flexibility index (Phi) is 7.56. The van der Waals surface area contributed by atoms with Crippen LogP contribution in [0.1, 0.15) is 40.5 Å². The van der Waals surface area contributed by atoms with E-state index in [4.69, 9.17) is 23.8 Å². The number of carbonyl (C=O) groups excluding carboxylic acids is 2. The molecule has 136 valence electrons. The van der Waals surface area contributed by atoms with Crippen molar-refractivity contribution in [3.05, 3.63) is 64.7 Å². The van der Waals surface area contributed by atoms with Crippen LogP contribution in [0, 0.1) is 0 Å². The summed E-state index contributed by atoms with van der Waals surface area (Å²) in [7, 11) is 0. The Labute approximate surface area is 163 Å². The molecule has 2 rings (SSSR count). The second-order valence-corrected chi connectivity index (χ2v) is 6.39. The van der Waals surface area contributed by atoms with E-state index in [1.165, 1.54) is 0 Å². The van der Waals surface area contributed by atoms with Gasteiger partial charge in [0.2, 0.25) is 0 Å². The first-order valence-electron chi connectivity index (χ1n) is 8.26. The lowest BCUT2D eigenvalue weighted by Gasteiger charge is -2.11. The molecule has 0 fully saturated rings. The van der Waals surface area contributed by atoms with Gasteiger partial charge in [-0.05, 0) is 49.0 Å². The Balaban J connectivity index is 1.96. The van der Waals surface area contributed by atoms with E-state index in [0.29, 0.717) is 28.4 Å². The van der Waals surface area contributed by atoms with Crippen molar-refractivity contribution in [1.29, 1.82) is 0 Å². The summed E-state index contributed by atoms with van der Waals surface area (Å²) in [5.41, 5.74) is 1.46. The first kappa shape index (κ1) is 19.9. The fraction of sp³-hybridized carbons (Fsp3) is 0.211. The highest BCUT2D eigenvalue weighted by molar-refractivity contribution is 7.80. The van der Waals surface area contributed by atoms with Gasteiger partial charge in [0.25, 0.3) is 11.8 Å². The summed E-state index contributed by atoms with van der Waals surface area (Å²) in [6, 6.07) is 13.6. The minimum Gasteiger partial charge on any atom is -0.352 e. The Bertz CT molecular complexity index is 811. The van der Waals surface area contributed by atoms with Crippen LogP contribution < -0.4 is 16.0 Å². The number of carbonyl (C=O) groups is 2. The minimum atomic E-state index is -0.401. The van der Waals surface area contributed by atoms with Gasteiger partial charge in [0.1, 0.15) is 0 Å². The Morgan fingerprint density at radius 1 is 1.08 bits per heavy atom. The van der Waals surface area contributed by atoms with Crippen LogP contribution in [-0.4, -0.2) is 23.5 Å². The summed E-state index contributed by atoms with van der Waals surface area (Å²) in [4.78, 5) is 24.3. The number of thiocarbonyl (C=S) groups is 1. The molecule has 2 aromatic carbocycles. The highest BCUT2D eigenvalue weighted by Crippen LogP contribution is 2.15. The number of halogens is 1. The number of hydrogen-bond acceptors (Lipinski definition) is 3. The zero-order chi connectivity index (χ0) is 18.9. The lowest BCUT2D eigenvalue weighted by atomic mass is 10.2. The zero-order valence-electron chi connectivity index (χ0n) is 14.3. The van der Waals surface area contributed by atoms with E-state index in [9.17, 15) is 9.59 Å². The predicted molar refractivity (Wildman–Crippen MR) is 109 cm³/mol. The smallest absolute Gasteiger partial charge is 0.258 e. The third-order valence-corrected chi connectivity index (χ3v) is 4.08. The number of nitrogens with one attached hydrogen (secondary N) is 3. The van der Waals surface area contributed by atoms with E-state index in [1.54, 1.807) is 48.5 Å². The SMILES string of the molecule is CCCCNC(=O)c1cccc(NC(=S)NC(=O)c2ccccc2Cl)c1. The average Bonchev–Trinajstić information content (AvgIpc) is 2.62. The molecular weight excluding hydrogens is 370 g/mol. The summed E-state index contributed by atoms with van der Waals surface area (Å²) in [5, 5.41) is 8.80. The summed E-state index contributed by atoms with van der Waals surface area (Å²) in [5.74, 6) is -0.547. The molecule has 5 nitrogen and oxygen atoms in total. The van der Waals surface area contributed by atoms with Crippen LogP contribution in [-0.2, 0) is 0 Å². The molecule has 0 aliphatic carbocycles.